The van der Waals surface area contributed by atoms with Gasteiger partial charge in [-0.2, -0.15) is 0 Å². The number of rotatable bonds is 3. The van der Waals surface area contributed by atoms with Gasteiger partial charge < -0.3 is 14.9 Å². The monoisotopic (exact) mass is 256 g/mol. The summed E-state index contributed by atoms with van der Waals surface area (Å²) in [6.45, 7) is 6.92. The lowest BCUT2D eigenvalue weighted by Crippen LogP contribution is -2.51. The van der Waals surface area contributed by atoms with Crippen LogP contribution < -0.4 is 0 Å². The Morgan fingerprint density at radius 3 is 2.17 bits per heavy atom. The highest BCUT2D eigenvalue weighted by Gasteiger charge is 2.41. The van der Waals surface area contributed by atoms with Crippen LogP contribution in [-0.4, -0.2) is 53.1 Å². The van der Waals surface area contributed by atoms with Crippen LogP contribution in [0.4, 0.5) is 4.79 Å². The highest BCUT2D eigenvalue weighted by molar-refractivity contribution is 5.77. The molecule has 104 valence electrons. The van der Waals surface area contributed by atoms with Gasteiger partial charge in [-0.15, -0.1) is 0 Å². The van der Waals surface area contributed by atoms with Crippen molar-refractivity contribution in [3.05, 3.63) is 0 Å². The number of hydrogen-bond donors (Lipinski definition) is 1. The number of piperidine rings is 1. The van der Waals surface area contributed by atoms with Gasteiger partial charge >= 0.3 is 12.0 Å². The second kappa shape index (κ2) is 5.59. The van der Waals surface area contributed by atoms with Gasteiger partial charge in [0.05, 0.1) is 5.41 Å². The first-order chi connectivity index (χ1) is 8.34. The van der Waals surface area contributed by atoms with Crippen molar-refractivity contribution in [2.24, 2.45) is 5.41 Å². The molecule has 5 nitrogen and oxygen atoms in total. The molecule has 0 saturated carbocycles. The minimum absolute atomic E-state index is 0.0000850. The van der Waals surface area contributed by atoms with E-state index in [2.05, 4.69) is 0 Å². The Morgan fingerprint density at radius 2 is 1.83 bits per heavy atom. The van der Waals surface area contributed by atoms with E-state index in [9.17, 15) is 14.7 Å². The highest BCUT2D eigenvalue weighted by Crippen LogP contribution is 2.35. The maximum atomic E-state index is 12.1. The van der Waals surface area contributed by atoms with Gasteiger partial charge in [0, 0.05) is 26.2 Å². The molecular weight excluding hydrogens is 232 g/mol. The summed E-state index contributed by atoms with van der Waals surface area (Å²) in [5, 5.41) is 9.30. The first-order valence-corrected chi connectivity index (χ1v) is 6.59. The van der Waals surface area contributed by atoms with Crippen LogP contribution in [0.1, 0.15) is 40.0 Å². The second-order valence-electron chi connectivity index (χ2n) is 5.41. The van der Waals surface area contributed by atoms with Crippen LogP contribution in [-0.2, 0) is 4.79 Å². The topological polar surface area (TPSA) is 60.9 Å². The number of hydrogen-bond acceptors (Lipinski definition) is 2. The molecule has 0 aromatic rings. The molecule has 0 atom stereocenters. The second-order valence-corrected chi connectivity index (χ2v) is 5.41. The summed E-state index contributed by atoms with van der Waals surface area (Å²) < 4.78 is 0. The Morgan fingerprint density at radius 1 is 1.33 bits per heavy atom. The number of nitrogens with zero attached hydrogens (tertiary/aromatic N) is 2. The molecule has 18 heavy (non-hydrogen) atoms. The van der Waals surface area contributed by atoms with Gasteiger partial charge in [-0.25, -0.2) is 4.79 Å². The Bertz CT molecular complexity index is 320. The van der Waals surface area contributed by atoms with Crippen molar-refractivity contribution in [3.63, 3.8) is 0 Å². The predicted octanol–water partition coefficient (Wildman–Crippen LogP) is 2.02. The van der Waals surface area contributed by atoms with Gasteiger partial charge in [-0.3, -0.25) is 4.79 Å². The molecular formula is C13H24N2O3. The lowest BCUT2D eigenvalue weighted by atomic mass is 9.76. The van der Waals surface area contributed by atoms with Crippen LogP contribution in [0.3, 0.4) is 0 Å². The summed E-state index contributed by atoms with van der Waals surface area (Å²) in [4.78, 5) is 26.9. The van der Waals surface area contributed by atoms with Crippen molar-refractivity contribution < 1.29 is 14.7 Å². The van der Waals surface area contributed by atoms with E-state index in [-0.39, 0.29) is 12.1 Å². The van der Waals surface area contributed by atoms with Crippen molar-refractivity contribution >= 4 is 12.0 Å². The molecule has 0 bridgehead atoms. The summed E-state index contributed by atoms with van der Waals surface area (Å²) in [5.41, 5.74) is -0.632. The fourth-order valence-electron chi connectivity index (χ4n) is 2.29. The first kappa shape index (κ1) is 14.8. The summed E-state index contributed by atoms with van der Waals surface area (Å²) in [6, 6.07) is 0.162. The molecule has 5 heteroatoms. The Hall–Kier alpha value is -1.26. The normalized spacial score (nSPS) is 18.8. The molecule has 1 aliphatic heterocycles. The maximum absolute atomic E-state index is 12.1. The number of carbonyl (C=O) groups excluding carboxylic acids is 1. The van der Waals surface area contributed by atoms with Crippen molar-refractivity contribution in [3.8, 4) is 0 Å². The average molecular weight is 256 g/mol. The first-order valence-electron chi connectivity index (χ1n) is 6.59. The van der Waals surface area contributed by atoms with Crippen molar-refractivity contribution in [1.29, 1.82) is 0 Å². The number of carboxylic acid groups (broad SMARTS) is 1. The van der Waals surface area contributed by atoms with E-state index in [1.54, 1.807) is 16.8 Å². The van der Waals surface area contributed by atoms with Crippen LogP contribution in [0.2, 0.25) is 0 Å². The minimum atomic E-state index is -0.727. The molecule has 0 spiro atoms. The lowest BCUT2D eigenvalue weighted by molar-refractivity contribution is -0.152. The van der Waals surface area contributed by atoms with E-state index in [1.165, 1.54) is 0 Å². The zero-order chi connectivity index (χ0) is 13.9. The third-order valence-electron chi connectivity index (χ3n) is 4.20. The summed E-state index contributed by atoms with van der Waals surface area (Å²) in [5.74, 6) is -0.727. The van der Waals surface area contributed by atoms with Gasteiger partial charge in [0.1, 0.15) is 0 Å². The van der Waals surface area contributed by atoms with Crippen molar-refractivity contribution in [1.82, 2.24) is 9.80 Å². The molecule has 1 aliphatic rings. The number of likely N-dealkylation sites (tertiary alicyclic amines) is 1. The smallest absolute Gasteiger partial charge is 0.319 e. The molecule has 0 unspecified atom stereocenters. The van der Waals surface area contributed by atoms with Crippen molar-refractivity contribution in [2.75, 3.05) is 20.1 Å². The largest absolute Gasteiger partial charge is 0.481 e. The molecule has 1 heterocycles. The van der Waals surface area contributed by atoms with E-state index < -0.39 is 11.4 Å². The number of carboxylic acids is 1. The quantitative estimate of drug-likeness (QED) is 0.840. The van der Waals surface area contributed by atoms with Crippen LogP contribution >= 0.6 is 0 Å². The van der Waals surface area contributed by atoms with Gasteiger partial charge in [0.2, 0.25) is 0 Å². The van der Waals surface area contributed by atoms with Gasteiger partial charge in [-0.05, 0) is 33.1 Å². The number of amides is 2. The average Bonchev–Trinajstić information content (AvgIpc) is 2.36. The van der Waals surface area contributed by atoms with E-state index in [0.29, 0.717) is 32.4 Å². The predicted molar refractivity (Wildman–Crippen MR) is 69.5 cm³/mol. The minimum Gasteiger partial charge on any atom is -0.481 e. The Kier molecular flexibility index (Phi) is 4.59. The molecule has 1 saturated heterocycles. The van der Waals surface area contributed by atoms with Gasteiger partial charge in [0.15, 0.2) is 0 Å². The zero-order valence-corrected chi connectivity index (χ0v) is 11.8. The van der Waals surface area contributed by atoms with Gasteiger partial charge in [0.25, 0.3) is 0 Å². The van der Waals surface area contributed by atoms with E-state index >= 15 is 0 Å². The molecule has 1 N–H and O–H groups in total. The van der Waals surface area contributed by atoms with Crippen LogP contribution in [0.25, 0.3) is 0 Å². The molecule has 0 radical (unpaired) electrons. The Balaban J connectivity index is 2.64. The summed E-state index contributed by atoms with van der Waals surface area (Å²) in [6.07, 6.45) is 1.73. The molecule has 1 fully saturated rings. The fourth-order valence-corrected chi connectivity index (χ4v) is 2.29. The standard InChI is InChI=1S/C13H24N2O3/c1-5-13(11(16)17)6-8-15(9-7-13)12(18)14(4)10(2)3/h10H,5-9H2,1-4H3,(H,16,17). The molecule has 2 amide bonds. The molecule has 0 aromatic carbocycles. The summed E-state index contributed by atoms with van der Waals surface area (Å²) in [7, 11) is 1.78. The number of urea groups is 1. The Labute approximate surface area is 109 Å². The lowest BCUT2D eigenvalue weighted by Gasteiger charge is -2.40. The van der Waals surface area contributed by atoms with Crippen LogP contribution in [0.15, 0.2) is 0 Å². The number of aliphatic carboxylic acids is 1. The molecule has 0 aliphatic carbocycles. The third-order valence-corrected chi connectivity index (χ3v) is 4.20. The van der Waals surface area contributed by atoms with E-state index in [1.807, 2.05) is 20.8 Å². The molecule has 0 aromatic heterocycles. The van der Waals surface area contributed by atoms with E-state index in [0.717, 1.165) is 0 Å². The van der Waals surface area contributed by atoms with Crippen molar-refractivity contribution in [2.45, 2.75) is 46.1 Å². The SMILES string of the molecule is CCC1(C(=O)O)CCN(C(=O)N(C)C(C)C)CC1. The van der Waals surface area contributed by atoms with E-state index in [4.69, 9.17) is 0 Å². The van der Waals surface area contributed by atoms with Crippen LogP contribution in [0.5, 0.6) is 0 Å². The highest BCUT2D eigenvalue weighted by atomic mass is 16.4. The molecule has 1 rings (SSSR count). The maximum Gasteiger partial charge on any atom is 0.319 e. The fraction of sp³-hybridized carbons (Fsp3) is 0.846. The third kappa shape index (κ3) is 2.76. The number of carbonyl (C=O) groups is 2. The summed E-state index contributed by atoms with van der Waals surface area (Å²) >= 11 is 0. The van der Waals surface area contributed by atoms with Gasteiger partial charge in [-0.1, -0.05) is 6.92 Å². The van der Waals surface area contributed by atoms with Crippen LogP contribution in [0, 0.1) is 5.41 Å². The zero-order valence-electron chi connectivity index (χ0n) is 11.8.